The van der Waals surface area contributed by atoms with Crippen molar-refractivity contribution >= 4 is 11.3 Å². The zero-order valence-electron chi connectivity index (χ0n) is 9.47. The Labute approximate surface area is 91.5 Å². The number of thiophene rings is 1. The first-order chi connectivity index (χ1) is 6.81. The maximum atomic E-state index is 3.61. The van der Waals surface area contributed by atoms with Gasteiger partial charge in [-0.15, -0.1) is 11.3 Å². The summed E-state index contributed by atoms with van der Waals surface area (Å²) in [4.78, 5) is 1.51. The zero-order valence-corrected chi connectivity index (χ0v) is 10.3. The van der Waals surface area contributed by atoms with Gasteiger partial charge in [-0.25, -0.2) is 0 Å². The highest BCUT2D eigenvalue weighted by Crippen LogP contribution is 2.17. The van der Waals surface area contributed by atoms with Crippen LogP contribution in [-0.2, 0) is 13.0 Å². The summed E-state index contributed by atoms with van der Waals surface area (Å²) >= 11 is 1.87. The molecule has 0 atom stereocenters. The largest absolute Gasteiger partial charge is 0.309 e. The zero-order chi connectivity index (χ0) is 10.4. The molecule has 0 spiro atoms. The van der Waals surface area contributed by atoms with E-state index in [-0.39, 0.29) is 0 Å². The molecule has 0 radical (unpaired) electrons. The molecule has 80 valence electrons. The maximum absolute atomic E-state index is 3.61. The Balaban J connectivity index is 2.44. The number of aryl methyl sites for hydroxylation is 1. The topological polar surface area (TPSA) is 12.0 Å². The Morgan fingerprint density at radius 1 is 1.29 bits per heavy atom. The standard InChI is InChI=1S/C12H21NS/c1-4-10-7-8-14-12(10)9-13-11(5-2)6-3/h7-8,11,13H,4-6,9H2,1-3H3. The van der Waals surface area contributed by atoms with Crippen LogP contribution in [0.3, 0.4) is 0 Å². The van der Waals surface area contributed by atoms with E-state index in [1.165, 1.54) is 23.3 Å². The minimum absolute atomic E-state index is 0.682. The van der Waals surface area contributed by atoms with Crippen LogP contribution in [0.25, 0.3) is 0 Å². The maximum Gasteiger partial charge on any atom is 0.0305 e. The molecule has 1 N–H and O–H groups in total. The SMILES string of the molecule is CCc1ccsc1CNC(CC)CC. The highest BCUT2D eigenvalue weighted by Gasteiger charge is 2.05. The van der Waals surface area contributed by atoms with Gasteiger partial charge in [-0.1, -0.05) is 20.8 Å². The summed E-state index contributed by atoms with van der Waals surface area (Å²) in [7, 11) is 0. The van der Waals surface area contributed by atoms with Gasteiger partial charge in [-0.3, -0.25) is 0 Å². The van der Waals surface area contributed by atoms with Gasteiger partial charge in [0.1, 0.15) is 0 Å². The molecular weight excluding hydrogens is 190 g/mol. The molecule has 1 aromatic heterocycles. The molecule has 0 saturated heterocycles. The second-order valence-corrected chi connectivity index (χ2v) is 4.62. The van der Waals surface area contributed by atoms with Crippen LogP contribution in [0.5, 0.6) is 0 Å². The average molecular weight is 211 g/mol. The van der Waals surface area contributed by atoms with Gasteiger partial charge >= 0.3 is 0 Å². The third-order valence-electron chi connectivity index (χ3n) is 2.76. The van der Waals surface area contributed by atoms with Crippen LogP contribution in [0.1, 0.15) is 44.1 Å². The predicted octanol–water partition coefficient (Wildman–Crippen LogP) is 3.59. The van der Waals surface area contributed by atoms with Gasteiger partial charge in [0.25, 0.3) is 0 Å². The fourth-order valence-electron chi connectivity index (χ4n) is 1.65. The van der Waals surface area contributed by atoms with E-state index in [2.05, 4.69) is 37.5 Å². The average Bonchev–Trinajstić information content (AvgIpc) is 2.67. The summed E-state index contributed by atoms with van der Waals surface area (Å²) in [6, 6.07) is 2.93. The first-order valence-corrected chi connectivity index (χ1v) is 6.48. The molecule has 0 unspecified atom stereocenters. The molecule has 0 aliphatic carbocycles. The fourth-order valence-corrected chi connectivity index (χ4v) is 2.58. The molecule has 1 aromatic rings. The first kappa shape index (κ1) is 11.7. The first-order valence-electron chi connectivity index (χ1n) is 5.60. The quantitative estimate of drug-likeness (QED) is 0.758. The number of hydrogen-bond donors (Lipinski definition) is 1. The van der Waals surface area contributed by atoms with Crippen molar-refractivity contribution in [2.24, 2.45) is 0 Å². The Kier molecular flexibility index (Phi) is 5.20. The van der Waals surface area contributed by atoms with E-state index in [1.807, 2.05) is 11.3 Å². The molecule has 0 amide bonds. The van der Waals surface area contributed by atoms with Crippen molar-refractivity contribution in [1.29, 1.82) is 0 Å². The molecule has 0 bridgehead atoms. The molecule has 1 nitrogen and oxygen atoms in total. The molecule has 1 heterocycles. The van der Waals surface area contributed by atoms with Crippen LogP contribution in [0.15, 0.2) is 11.4 Å². The molecule has 14 heavy (non-hydrogen) atoms. The minimum atomic E-state index is 0.682. The van der Waals surface area contributed by atoms with Crippen molar-refractivity contribution in [2.75, 3.05) is 0 Å². The van der Waals surface area contributed by atoms with Crippen LogP contribution in [0.4, 0.5) is 0 Å². The lowest BCUT2D eigenvalue weighted by Crippen LogP contribution is -2.26. The van der Waals surface area contributed by atoms with Gasteiger partial charge in [0.2, 0.25) is 0 Å². The summed E-state index contributed by atoms with van der Waals surface area (Å²) < 4.78 is 0. The number of rotatable bonds is 6. The van der Waals surface area contributed by atoms with Crippen molar-refractivity contribution in [2.45, 2.75) is 52.6 Å². The molecule has 1 rings (SSSR count). The Morgan fingerprint density at radius 2 is 2.00 bits per heavy atom. The summed E-state index contributed by atoms with van der Waals surface area (Å²) in [5.74, 6) is 0. The van der Waals surface area contributed by atoms with Crippen molar-refractivity contribution in [1.82, 2.24) is 5.32 Å². The molecule has 0 aliphatic heterocycles. The second-order valence-electron chi connectivity index (χ2n) is 3.62. The van der Waals surface area contributed by atoms with Crippen LogP contribution < -0.4 is 5.32 Å². The van der Waals surface area contributed by atoms with Crippen molar-refractivity contribution in [3.8, 4) is 0 Å². The van der Waals surface area contributed by atoms with Crippen molar-refractivity contribution in [3.63, 3.8) is 0 Å². The third-order valence-corrected chi connectivity index (χ3v) is 3.72. The van der Waals surface area contributed by atoms with Crippen LogP contribution in [0, 0.1) is 0 Å². The normalized spacial score (nSPS) is 11.1. The number of nitrogens with one attached hydrogen (secondary N) is 1. The van der Waals surface area contributed by atoms with Gasteiger partial charge < -0.3 is 5.32 Å². The second kappa shape index (κ2) is 6.20. The van der Waals surface area contributed by atoms with Crippen molar-refractivity contribution < 1.29 is 0 Å². The minimum Gasteiger partial charge on any atom is -0.309 e. The van der Waals surface area contributed by atoms with Gasteiger partial charge in [-0.2, -0.15) is 0 Å². The van der Waals surface area contributed by atoms with E-state index in [1.54, 1.807) is 0 Å². The molecule has 0 fully saturated rings. The molecule has 0 aliphatic rings. The number of hydrogen-bond acceptors (Lipinski definition) is 2. The predicted molar refractivity (Wildman–Crippen MR) is 64.9 cm³/mol. The van der Waals surface area contributed by atoms with Crippen LogP contribution in [0.2, 0.25) is 0 Å². The highest BCUT2D eigenvalue weighted by molar-refractivity contribution is 7.10. The summed E-state index contributed by atoms with van der Waals surface area (Å²) in [5.41, 5.74) is 1.51. The lowest BCUT2D eigenvalue weighted by molar-refractivity contribution is 0.485. The summed E-state index contributed by atoms with van der Waals surface area (Å²) in [6.07, 6.45) is 3.61. The molecule has 0 aromatic carbocycles. The Hall–Kier alpha value is -0.340. The van der Waals surface area contributed by atoms with E-state index < -0.39 is 0 Å². The van der Waals surface area contributed by atoms with Gasteiger partial charge in [0.05, 0.1) is 0 Å². The monoisotopic (exact) mass is 211 g/mol. The van der Waals surface area contributed by atoms with E-state index in [9.17, 15) is 0 Å². The molecule has 0 saturated carbocycles. The van der Waals surface area contributed by atoms with E-state index in [0.717, 1.165) is 13.0 Å². The van der Waals surface area contributed by atoms with Gasteiger partial charge in [-0.05, 0) is 36.3 Å². The van der Waals surface area contributed by atoms with E-state index >= 15 is 0 Å². The van der Waals surface area contributed by atoms with E-state index in [4.69, 9.17) is 0 Å². The Bertz CT molecular complexity index is 251. The fraction of sp³-hybridized carbons (Fsp3) is 0.667. The van der Waals surface area contributed by atoms with Gasteiger partial charge in [0, 0.05) is 17.5 Å². The smallest absolute Gasteiger partial charge is 0.0305 e. The summed E-state index contributed by atoms with van der Waals surface area (Å²) in [6.45, 7) is 7.77. The van der Waals surface area contributed by atoms with Crippen molar-refractivity contribution in [3.05, 3.63) is 21.9 Å². The molecule has 2 heteroatoms. The summed E-state index contributed by atoms with van der Waals surface area (Å²) in [5, 5.41) is 5.80. The van der Waals surface area contributed by atoms with Crippen LogP contribution >= 0.6 is 11.3 Å². The van der Waals surface area contributed by atoms with E-state index in [0.29, 0.717) is 6.04 Å². The highest BCUT2D eigenvalue weighted by atomic mass is 32.1. The molecular formula is C12H21NS. The van der Waals surface area contributed by atoms with Gasteiger partial charge in [0.15, 0.2) is 0 Å². The van der Waals surface area contributed by atoms with Crippen LogP contribution in [-0.4, -0.2) is 6.04 Å². The third kappa shape index (κ3) is 3.10. The Morgan fingerprint density at radius 3 is 2.57 bits per heavy atom. The lowest BCUT2D eigenvalue weighted by atomic mass is 10.1. The lowest BCUT2D eigenvalue weighted by Gasteiger charge is -2.14.